The van der Waals surface area contributed by atoms with Crippen LogP contribution in [0.25, 0.3) is 11.0 Å². The quantitative estimate of drug-likeness (QED) is 0.673. The van der Waals surface area contributed by atoms with Gasteiger partial charge in [-0.1, -0.05) is 18.2 Å². The molecule has 1 aliphatic rings. The van der Waals surface area contributed by atoms with Crippen molar-refractivity contribution in [3.63, 3.8) is 0 Å². The number of aromatic nitrogens is 3. The highest BCUT2D eigenvalue weighted by Crippen LogP contribution is 2.36. The number of rotatable bonds is 4. The van der Waals surface area contributed by atoms with Crippen molar-refractivity contribution in [2.24, 2.45) is 0 Å². The maximum atomic E-state index is 13.2. The first-order chi connectivity index (χ1) is 13.7. The third kappa shape index (κ3) is 3.44. The minimum atomic E-state index is -3.82. The third-order valence-electron chi connectivity index (χ3n) is 5.42. The van der Waals surface area contributed by atoms with Gasteiger partial charge < -0.3 is 20.4 Å². The molecule has 0 bridgehead atoms. The first-order valence-corrected chi connectivity index (χ1v) is 11.0. The monoisotopic (exact) mass is 415 g/mol. The Hall–Kier alpha value is -2.65. The highest BCUT2D eigenvalue weighted by Gasteiger charge is 2.33. The van der Waals surface area contributed by atoms with E-state index in [1.54, 1.807) is 30.3 Å². The summed E-state index contributed by atoms with van der Waals surface area (Å²) in [6, 6.07) is 8.42. The number of ether oxygens (including phenoxy) is 1. The lowest BCUT2D eigenvalue weighted by Gasteiger charge is -2.40. The van der Waals surface area contributed by atoms with E-state index in [9.17, 15) is 8.42 Å². The Morgan fingerprint density at radius 2 is 1.97 bits per heavy atom. The van der Waals surface area contributed by atoms with Crippen molar-refractivity contribution in [3.8, 4) is 0 Å². The van der Waals surface area contributed by atoms with Gasteiger partial charge in [-0.15, -0.1) is 0 Å². The molecule has 0 aliphatic carbocycles. The van der Waals surface area contributed by atoms with Crippen LogP contribution in [0.4, 0.5) is 11.6 Å². The van der Waals surface area contributed by atoms with Crippen molar-refractivity contribution in [2.45, 2.75) is 48.1 Å². The maximum absolute atomic E-state index is 13.2. The molecule has 3 aromatic rings. The van der Waals surface area contributed by atoms with Crippen molar-refractivity contribution < 1.29 is 13.2 Å². The number of aromatic amines is 1. The molecule has 29 heavy (non-hydrogen) atoms. The lowest BCUT2D eigenvalue weighted by atomic mass is 9.93. The van der Waals surface area contributed by atoms with Crippen LogP contribution in [-0.2, 0) is 14.6 Å². The lowest BCUT2D eigenvalue weighted by molar-refractivity contribution is -0.0584. The molecular formula is C20H25N5O3S. The predicted molar refractivity (Wildman–Crippen MR) is 112 cm³/mol. The zero-order chi connectivity index (χ0) is 20.8. The first-order valence-electron chi connectivity index (χ1n) is 9.50. The molecule has 1 saturated heterocycles. The van der Waals surface area contributed by atoms with Gasteiger partial charge in [0.2, 0.25) is 9.84 Å². The van der Waals surface area contributed by atoms with Crippen LogP contribution in [0.5, 0.6) is 0 Å². The van der Waals surface area contributed by atoms with Crippen molar-refractivity contribution in [1.29, 1.82) is 0 Å². The molecule has 4 rings (SSSR count). The van der Waals surface area contributed by atoms with Gasteiger partial charge in [0.1, 0.15) is 28.1 Å². The molecule has 1 fully saturated rings. The van der Waals surface area contributed by atoms with Crippen molar-refractivity contribution in [2.75, 3.05) is 24.3 Å². The second-order valence-corrected chi connectivity index (χ2v) is 9.86. The van der Waals surface area contributed by atoms with E-state index in [0.717, 1.165) is 12.8 Å². The fourth-order valence-corrected chi connectivity index (χ4v) is 5.44. The van der Waals surface area contributed by atoms with Crippen molar-refractivity contribution in [3.05, 3.63) is 36.7 Å². The minimum absolute atomic E-state index is 0.0111. The van der Waals surface area contributed by atoms with Gasteiger partial charge in [-0.05, 0) is 38.8 Å². The molecule has 0 spiro atoms. The summed E-state index contributed by atoms with van der Waals surface area (Å²) in [6.07, 6.45) is 3.08. The number of nitrogens with one attached hydrogen (secondary N) is 1. The summed E-state index contributed by atoms with van der Waals surface area (Å²) in [6.45, 7) is 4.80. The van der Waals surface area contributed by atoms with Crippen LogP contribution < -0.4 is 10.6 Å². The first kappa shape index (κ1) is 19.7. The highest BCUT2D eigenvalue weighted by atomic mass is 32.2. The van der Waals surface area contributed by atoms with Crippen LogP contribution in [0.15, 0.2) is 46.5 Å². The largest absolute Gasteiger partial charge is 0.384 e. The van der Waals surface area contributed by atoms with E-state index in [0.29, 0.717) is 23.5 Å². The number of anilines is 2. The van der Waals surface area contributed by atoms with E-state index in [1.165, 1.54) is 6.33 Å². The second kappa shape index (κ2) is 7.00. The molecule has 1 aliphatic heterocycles. The molecule has 154 valence electrons. The number of sulfone groups is 1. The minimum Gasteiger partial charge on any atom is -0.384 e. The summed E-state index contributed by atoms with van der Waals surface area (Å²) in [5.74, 6) is 0.685. The molecule has 2 aromatic heterocycles. The number of nitrogen functional groups attached to an aromatic ring is 1. The van der Waals surface area contributed by atoms with Crippen LogP contribution >= 0.6 is 0 Å². The number of fused-ring (bicyclic) bond motifs is 1. The van der Waals surface area contributed by atoms with Crippen LogP contribution in [0.1, 0.15) is 26.7 Å². The Morgan fingerprint density at radius 3 is 2.66 bits per heavy atom. The average Bonchev–Trinajstić information content (AvgIpc) is 3.03. The van der Waals surface area contributed by atoms with Crippen LogP contribution in [-0.4, -0.2) is 48.7 Å². The van der Waals surface area contributed by atoms with Gasteiger partial charge in [-0.3, -0.25) is 0 Å². The van der Waals surface area contributed by atoms with Crippen LogP contribution in [0, 0.1) is 0 Å². The van der Waals surface area contributed by atoms with E-state index in [4.69, 9.17) is 10.5 Å². The number of benzene rings is 1. The van der Waals surface area contributed by atoms with Crippen LogP contribution in [0.2, 0.25) is 0 Å². The number of hydrogen-bond acceptors (Lipinski definition) is 7. The summed E-state index contributed by atoms with van der Waals surface area (Å²) in [4.78, 5) is 13.9. The van der Waals surface area contributed by atoms with Gasteiger partial charge in [-0.2, -0.15) is 0 Å². The van der Waals surface area contributed by atoms with E-state index in [1.807, 2.05) is 7.05 Å². The summed E-state index contributed by atoms with van der Waals surface area (Å²) >= 11 is 0. The topological polar surface area (TPSA) is 114 Å². The molecule has 0 amide bonds. The van der Waals surface area contributed by atoms with E-state index in [2.05, 4.69) is 33.7 Å². The maximum Gasteiger partial charge on any atom is 0.212 e. The molecule has 1 aromatic carbocycles. The van der Waals surface area contributed by atoms with E-state index < -0.39 is 9.84 Å². The third-order valence-corrected chi connectivity index (χ3v) is 7.27. The zero-order valence-corrected chi connectivity index (χ0v) is 17.5. The molecule has 0 saturated carbocycles. The fourth-order valence-electron chi connectivity index (χ4n) is 3.94. The molecule has 1 unspecified atom stereocenters. The van der Waals surface area contributed by atoms with Gasteiger partial charge in [-0.25, -0.2) is 18.4 Å². The zero-order valence-electron chi connectivity index (χ0n) is 16.7. The van der Waals surface area contributed by atoms with Gasteiger partial charge in [0.05, 0.1) is 10.5 Å². The average molecular weight is 416 g/mol. The summed E-state index contributed by atoms with van der Waals surface area (Å²) in [7, 11) is -1.87. The van der Waals surface area contributed by atoms with Crippen molar-refractivity contribution in [1.82, 2.24) is 15.0 Å². The number of H-pyrrole nitrogens is 1. The van der Waals surface area contributed by atoms with Gasteiger partial charge >= 0.3 is 0 Å². The molecular weight excluding hydrogens is 390 g/mol. The molecule has 3 N–H and O–H groups in total. The standard InChI is InChI=1S/C20H25N5O3S/c1-20(2)11-13(9-10-28-20)25(3)19-16-15(22-12-23-19)17(18(21)24-16)29(26,27)14-7-5-4-6-8-14/h4-8,12-13,24H,9-11,21H2,1-3H3. The van der Waals surface area contributed by atoms with Gasteiger partial charge in [0.25, 0.3) is 0 Å². The van der Waals surface area contributed by atoms with Crippen LogP contribution in [0.3, 0.4) is 0 Å². The molecule has 0 radical (unpaired) electrons. The number of hydrogen-bond donors (Lipinski definition) is 2. The second-order valence-electron chi connectivity index (χ2n) is 7.97. The smallest absolute Gasteiger partial charge is 0.212 e. The predicted octanol–water partition coefficient (Wildman–Crippen LogP) is 2.77. The summed E-state index contributed by atoms with van der Waals surface area (Å²) < 4.78 is 32.2. The Kier molecular flexibility index (Phi) is 4.74. The Morgan fingerprint density at radius 1 is 1.24 bits per heavy atom. The lowest BCUT2D eigenvalue weighted by Crippen LogP contribution is -2.45. The number of nitrogens with zero attached hydrogens (tertiary/aromatic N) is 3. The molecule has 9 heteroatoms. The SMILES string of the molecule is CN(c1ncnc2c(S(=O)(=O)c3ccccc3)c(N)[nH]c12)C1CCOC(C)(C)C1. The van der Waals surface area contributed by atoms with E-state index in [-0.39, 0.29) is 27.3 Å². The molecule has 3 heterocycles. The Balaban J connectivity index is 1.81. The van der Waals surface area contributed by atoms with Gasteiger partial charge in [0, 0.05) is 19.7 Å². The molecule has 1 atom stereocenters. The number of nitrogens with two attached hydrogens (primary N) is 1. The summed E-state index contributed by atoms with van der Waals surface area (Å²) in [5, 5.41) is 0. The van der Waals surface area contributed by atoms with E-state index >= 15 is 0 Å². The fraction of sp³-hybridized carbons (Fsp3) is 0.400. The van der Waals surface area contributed by atoms with Gasteiger partial charge in [0.15, 0.2) is 5.82 Å². The highest BCUT2D eigenvalue weighted by molar-refractivity contribution is 7.92. The normalized spacial score (nSPS) is 19.3. The van der Waals surface area contributed by atoms with Crippen molar-refractivity contribution >= 4 is 32.5 Å². The Bertz CT molecular complexity index is 1140. The summed E-state index contributed by atoms with van der Waals surface area (Å²) in [5.41, 5.74) is 6.72. The Labute approximate surface area is 170 Å². The molecule has 8 nitrogen and oxygen atoms in total.